The summed E-state index contributed by atoms with van der Waals surface area (Å²) in [6, 6.07) is 8.54. The molecule has 0 unspecified atom stereocenters. The van der Waals surface area contributed by atoms with Crippen molar-refractivity contribution in [3.63, 3.8) is 0 Å². The van der Waals surface area contributed by atoms with E-state index < -0.39 is 11.6 Å². The van der Waals surface area contributed by atoms with Crippen molar-refractivity contribution in [2.45, 2.75) is 30.8 Å². The van der Waals surface area contributed by atoms with Gasteiger partial charge in [-0.2, -0.15) is 0 Å². The predicted molar refractivity (Wildman–Crippen MR) is 106 cm³/mol. The lowest BCUT2D eigenvalue weighted by Crippen LogP contribution is -2.23. The van der Waals surface area contributed by atoms with E-state index in [0.717, 1.165) is 0 Å². The van der Waals surface area contributed by atoms with Crippen LogP contribution < -0.4 is 5.56 Å². The standard InChI is InChI=1S/C19H15ClF2N4OS/c1-2-8-25-17(27)12-9-11(21)6-7-16(12)26-18(25)23-24-19(26)28-10-13-14(20)4-3-5-15(13)22/h3-7,9H,2,8,10H2,1H3. The highest BCUT2D eigenvalue weighted by Gasteiger charge is 2.18. The Labute approximate surface area is 168 Å². The molecule has 0 spiro atoms. The molecule has 4 aromatic rings. The molecule has 5 nitrogen and oxygen atoms in total. The van der Waals surface area contributed by atoms with Crippen LogP contribution in [0, 0.1) is 11.6 Å². The highest BCUT2D eigenvalue weighted by Crippen LogP contribution is 2.29. The Morgan fingerprint density at radius 3 is 2.75 bits per heavy atom. The van der Waals surface area contributed by atoms with Crippen molar-refractivity contribution in [3.05, 3.63) is 69.0 Å². The number of fused-ring (bicyclic) bond motifs is 3. The fraction of sp³-hybridized carbons (Fsp3) is 0.211. The van der Waals surface area contributed by atoms with Gasteiger partial charge in [0.2, 0.25) is 5.78 Å². The second-order valence-electron chi connectivity index (χ2n) is 6.23. The number of halogens is 3. The van der Waals surface area contributed by atoms with Gasteiger partial charge < -0.3 is 0 Å². The zero-order valence-corrected chi connectivity index (χ0v) is 16.4. The molecule has 2 aromatic heterocycles. The van der Waals surface area contributed by atoms with E-state index in [2.05, 4.69) is 10.2 Å². The van der Waals surface area contributed by atoms with Gasteiger partial charge in [0, 0.05) is 22.9 Å². The Hall–Kier alpha value is -2.45. The number of hydrogen-bond acceptors (Lipinski definition) is 4. The van der Waals surface area contributed by atoms with Crippen LogP contribution in [0.3, 0.4) is 0 Å². The Balaban J connectivity index is 1.88. The van der Waals surface area contributed by atoms with Crippen molar-refractivity contribution in [1.29, 1.82) is 0 Å². The van der Waals surface area contributed by atoms with Crippen LogP contribution in [-0.4, -0.2) is 19.2 Å². The van der Waals surface area contributed by atoms with Crippen molar-refractivity contribution in [2.75, 3.05) is 0 Å². The van der Waals surface area contributed by atoms with Crippen LogP contribution in [0.4, 0.5) is 8.78 Å². The normalized spacial score (nSPS) is 11.6. The number of hydrogen-bond donors (Lipinski definition) is 0. The second-order valence-corrected chi connectivity index (χ2v) is 7.57. The molecule has 144 valence electrons. The van der Waals surface area contributed by atoms with Crippen molar-refractivity contribution < 1.29 is 8.78 Å². The maximum Gasteiger partial charge on any atom is 0.262 e. The first-order valence-electron chi connectivity index (χ1n) is 8.64. The van der Waals surface area contributed by atoms with E-state index in [-0.39, 0.29) is 16.7 Å². The van der Waals surface area contributed by atoms with E-state index in [1.54, 1.807) is 16.5 Å². The Morgan fingerprint density at radius 1 is 1.18 bits per heavy atom. The molecule has 28 heavy (non-hydrogen) atoms. The van der Waals surface area contributed by atoms with Gasteiger partial charge in [-0.15, -0.1) is 10.2 Å². The molecule has 2 heterocycles. The lowest BCUT2D eigenvalue weighted by molar-refractivity contribution is 0.617. The summed E-state index contributed by atoms with van der Waals surface area (Å²) in [4.78, 5) is 12.8. The SMILES string of the molecule is CCCn1c(=O)c2cc(F)ccc2n2c(SCc3c(F)cccc3Cl)nnc12. The Kier molecular flexibility index (Phi) is 5.07. The first kappa shape index (κ1) is 18.9. The first-order valence-corrected chi connectivity index (χ1v) is 10.0. The molecule has 4 rings (SSSR count). The number of thioether (sulfide) groups is 1. The predicted octanol–water partition coefficient (Wildman–Crippen LogP) is 4.68. The molecule has 9 heteroatoms. The van der Waals surface area contributed by atoms with Gasteiger partial charge in [0.1, 0.15) is 11.6 Å². The van der Waals surface area contributed by atoms with Crippen LogP contribution in [0.15, 0.2) is 46.3 Å². The summed E-state index contributed by atoms with van der Waals surface area (Å²) in [6.45, 7) is 2.36. The van der Waals surface area contributed by atoms with E-state index >= 15 is 0 Å². The second kappa shape index (κ2) is 7.52. The monoisotopic (exact) mass is 420 g/mol. The van der Waals surface area contributed by atoms with Crippen LogP contribution in [-0.2, 0) is 12.3 Å². The number of rotatable bonds is 5. The quantitative estimate of drug-likeness (QED) is 0.440. The third-order valence-electron chi connectivity index (χ3n) is 4.39. The maximum absolute atomic E-state index is 14.1. The Bertz CT molecular complexity index is 1230. The molecule has 2 aromatic carbocycles. The van der Waals surface area contributed by atoms with Crippen molar-refractivity contribution in [3.8, 4) is 0 Å². The fourth-order valence-corrected chi connectivity index (χ4v) is 4.37. The molecule has 0 bridgehead atoms. The zero-order valence-electron chi connectivity index (χ0n) is 14.8. The molecule has 0 saturated carbocycles. The number of aryl methyl sites for hydroxylation is 1. The third kappa shape index (κ3) is 3.16. The largest absolute Gasteiger partial charge is 0.276 e. The van der Waals surface area contributed by atoms with Gasteiger partial charge in [0.25, 0.3) is 5.56 Å². The van der Waals surface area contributed by atoms with Gasteiger partial charge in [0.15, 0.2) is 5.16 Å². The Morgan fingerprint density at radius 2 is 2.00 bits per heavy atom. The summed E-state index contributed by atoms with van der Waals surface area (Å²) in [7, 11) is 0. The van der Waals surface area contributed by atoms with E-state index in [9.17, 15) is 13.6 Å². The van der Waals surface area contributed by atoms with E-state index in [1.165, 1.54) is 40.6 Å². The molecular weight excluding hydrogens is 406 g/mol. The highest BCUT2D eigenvalue weighted by atomic mass is 35.5. The van der Waals surface area contributed by atoms with Crippen LogP contribution in [0.1, 0.15) is 18.9 Å². The molecule has 0 aliphatic carbocycles. The summed E-state index contributed by atoms with van der Waals surface area (Å²) >= 11 is 7.35. The summed E-state index contributed by atoms with van der Waals surface area (Å²) in [5, 5.41) is 9.39. The van der Waals surface area contributed by atoms with Gasteiger partial charge in [-0.3, -0.25) is 13.8 Å². The zero-order chi connectivity index (χ0) is 19.8. The topological polar surface area (TPSA) is 52.2 Å². The number of benzene rings is 2. The van der Waals surface area contributed by atoms with Crippen molar-refractivity contribution >= 4 is 40.0 Å². The average molecular weight is 421 g/mol. The van der Waals surface area contributed by atoms with E-state index in [0.29, 0.717) is 40.0 Å². The van der Waals surface area contributed by atoms with Crippen LogP contribution >= 0.6 is 23.4 Å². The molecule has 0 N–H and O–H groups in total. The van der Waals surface area contributed by atoms with Crippen LogP contribution in [0.5, 0.6) is 0 Å². The minimum atomic E-state index is -0.493. The lowest BCUT2D eigenvalue weighted by atomic mass is 10.2. The number of nitrogens with zero attached hydrogens (tertiary/aromatic N) is 4. The average Bonchev–Trinajstić information content (AvgIpc) is 3.08. The van der Waals surface area contributed by atoms with Crippen molar-refractivity contribution in [1.82, 2.24) is 19.2 Å². The van der Waals surface area contributed by atoms with Crippen LogP contribution in [0.25, 0.3) is 16.7 Å². The first-order chi connectivity index (χ1) is 13.5. The van der Waals surface area contributed by atoms with Gasteiger partial charge in [-0.05, 0) is 36.8 Å². The molecular formula is C19H15ClF2N4OS. The third-order valence-corrected chi connectivity index (χ3v) is 5.70. The molecule has 0 atom stereocenters. The summed E-state index contributed by atoms with van der Waals surface area (Å²) < 4.78 is 31.0. The maximum atomic E-state index is 14.1. The molecule has 0 amide bonds. The fourth-order valence-electron chi connectivity index (χ4n) is 3.08. The van der Waals surface area contributed by atoms with Gasteiger partial charge >= 0.3 is 0 Å². The summed E-state index contributed by atoms with van der Waals surface area (Å²) in [5.74, 6) is -0.286. The van der Waals surface area contributed by atoms with Gasteiger partial charge in [-0.25, -0.2) is 8.78 Å². The minimum absolute atomic E-state index is 0.238. The smallest absolute Gasteiger partial charge is 0.262 e. The van der Waals surface area contributed by atoms with Gasteiger partial charge in [-0.1, -0.05) is 36.4 Å². The molecule has 0 fully saturated rings. The summed E-state index contributed by atoms with van der Waals surface area (Å²) in [6.07, 6.45) is 0.705. The van der Waals surface area contributed by atoms with Crippen molar-refractivity contribution in [2.24, 2.45) is 0 Å². The minimum Gasteiger partial charge on any atom is -0.276 e. The molecule has 0 aliphatic rings. The summed E-state index contributed by atoms with van der Waals surface area (Å²) in [5.41, 5.74) is 0.550. The van der Waals surface area contributed by atoms with Crippen LogP contribution in [0.2, 0.25) is 5.02 Å². The molecule has 0 aliphatic heterocycles. The van der Waals surface area contributed by atoms with E-state index in [1.807, 2.05) is 6.92 Å². The van der Waals surface area contributed by atoms with Gasteiger partial charge in [0.05, 0.1) is 10.9 Å². The highest BCUT2D eigenvalue weighted by molar-refractivity contribution is 7.98. The lowest BCUT2D eigenvalue weighted by Gasteiger charge is -2.11. The van der Waals surface area contributed by atoms with E-state index in [4.69, 9.17) is 11.6 Å². The number of aromatic nitrogens is 4. The molecule has 0 saturated heterocycles. The molecule has 0 radical (unpaired) electrons.